The number of hydrogen-bond donors (Lipinski definition) is 2. The molecule has 2 heterocycles. The summed E-state index contributed by atoms with van der Waals surface area (Å²) in [6, 6.07) is 13.7. The third-order valence-corrected chi connectivity index (χ3v) is 4.10. The van der Waals surface area contributed by atoms with Gasteiger partial charge in [0.25, 0.3) is 0 Å². The highest BCUT2D eigenvalue weighted by Gasteiger charge is 2.03. The first-order valence-corrected chi connectivity index (χ1v) is 8.36. The number of rotatable bonds is 5. The number of hydrogen-bond acceptors (Lipinski definition) is 5. The molecule has 0 aliphatic carbocycles. The second kappa shape index (κ2) is 7.28. The lowest BCUT2D eigenvalue weighted by Crippen LogP contribution is -2.15. The third kappa shape index (κ3) is 3.81. The molecule has 0 radical (unpaired) electrons. The number of aromatic nitrogens is 2. The maximum Gasteiger partial charge on any atom is 0.126 e. The van der Waals surface area contributed by atoms with Crippen LogP contribution in [0.15, 0.2) is 47.1 Å². The Morgan fingerprint density at radius 1 is 1.08 bits per heavy atom. The lowest BCUT2D eigenvalue weighted by atomic mass is 10.1. The van der Waals surface area contributed by atoms with E-state index in [1.807, 2.05) is 12.1 Å². The predicted octanol–water partition coefficient (Wildman–Crippen LogP) is 4.10. The van der Waals surface area contributed by atoms with Gasteiger partial charge in [0.1, 0.15) is 17.7 Å². The first-order chi connectivity index (χ1) is 11.7. The summed E-state index contributed by atoms with van der Waals surface area (Å²) in [6.07, 6.45) is 1.56. The largest absolute Gasteiger partial charge is 0.368 e. The average Bonchev–Trinajstić information content (AvgIpc) is 2.60. The highest BCUT2D eigenvalue weighted by molar-refractivity contribution is 9.10. The lowest BCUT2D eigenvalue weighted by molar-refractivity contribution is 1.05. The molecule has 0 fully saturated rings. The molecule has 6 heteroatoms. The minimum atomic E-state index is 0.557. The number of anilines is 2. The number of pyridine rings is 2. The van der Waals surface area contributed by atoms with Gasteiger partial charge in [0.15, 0.2) is 0 Å². The Hall–Kier alpha value is -2.65. The molecule has 120 valence electrons. The van der Waals surface area contributed by atoms with Crippen LogP contribution in [0, 0.1) is 18.3 Å². The van der Waals surface area contributed by atoms with Crippen LogP contribution < -0.4 is 10.6 Å². The average molecular weight is 382 g/mol. The normalized spacial score (nSPS) is 10.4. The number of aryl methyl sites for hydroxylation is 1. The van der Waals surface area contributed by atoms with Crippen LogP contribution in [-0.4, -0.2) is 23.1 Å². The monoisotopic (exact) mass is 381 g/mol. The van der Waals surface area contributed by atoms with E-state index in [1.54, 1.807) is 18.3 Å². The fraction of sp³-hybridized carbons (Fsp3) is 0.167. The van der Waals surface area contributed by atoms with Gasteiger partial charge in [-0.25, -0.2) is 9.97 Å². The first kappa shape index (κ1) is 16.2. The van der Waals surface area contributed by atoms with Gasteiger partial charge in [-0.2, -0.15) is 5.26 Å². The molecular formula is C18H16BrN5. The maximum absolute atomic E-state index is 8.75. The Morgan fingerprint density at radius 2 is 1.88 bits per heavy atom. The van der Waals surface area contributed by atoms with Gasteiger partial charge in [0, 0.05) is 29.1 Å². The highest BCUT2D eigenvalue weighted by atomic mass is 79.9. The number of nitriles is 1. The number of benzene rings is 1. The number of fused-ring (bicyclic) bond motifs is 1. The van der Waals surface area contributed by atoms with Crippen molar-refractivity contribution in [1.82, 2.24) is 9.97 Å². The first-order valence-electron chi connectivity index (χ1n) is 7.56. The van der Waals surface area contributed by atoms with Gasteiger partial charge in [-0.3, -0.25) is 0 Å². The predicted molar refractivity (Wildman–Crippen MR) is 100 cm³/mol. The van der Waals surface area contributed by atoms with Crippen molar-refractivity contribution in [1.29, 1.82) is 5.26 Å². The molecule has 3 rings (SSSR count). The van der Waals surface area contributed by atoms with E-state index >= 15 is 0 Å². The van der Waals surface area contributed by atoms with Gasteiger partial charge in [-0.1, -0.05) is 15.9 Å². The Kier molecular flexibility index (Phi) is 4.92. The van der Waals surface area contributed by atoms with Crippen LogP contribution in [-0.2, 0) is 0 Å². The summed E-state index contributed by atoms with van der Waals surface area (Å²) in [5.41, 5.74) is 2.72. The standard InChI is InChI=1S/C18H16BrN5/c1-12-8-18(24-16-4-3-14(19)9-15(12)16)22-7-6-21-17-5-2-13(10-20)11-23-17/h2-5,8-9,11H,6-7H2,1H3,(H,21,23)(H,22,24). The molecule has 24 heavy (non-hydrogen) atoms. The topological polar surface area (TPSA) is 73.6 Å². The van der Waals surface area contributed by atoms with E-state index < -0.39 is 0 Å². The van der Waals surface area contributed by atoms with Crippen LogP contribution in [0.1, 0.15) is 11.1 Å². The zero-order chi connectivity index (χ0) is 16.9. The van der Waals surface area contributed by atoms with Crippen molar-refractivity contribution >= 4 is 38.5 Å². The smallest absolute Gasteiger partial charge is 0.126 e. The fourth-order valence-electron chi connectivity index (χ4n) is 2.40. The van der Waals surface area contributed by atoms with Crippen LogP contribution in [0.25, 0.3) is 10.9 Å². The molecule has 0 unspecified atom stereocenters. The van der Waals surface area contributed by atoms with Gasteiger partial charge in [-0.15, -0.1) is 0 Å². The van der Waals surface area contributed by atoms with Gasteiger partial charge < -0.3 is 10.6 Å². The molecule has 5 nitrogen and oxygen atoms in total. The van der Waals surface area contributed by atoms with Crippen molar-refractivity contribution in [2.75, 3.05) is 23.7 Å². The van der Waals surface area contributed by atoms with Crippen LogP contribution in [0.3, 0.4) is 0 Å². The number of halogens is 1. The molecule has 2 aromatic heterocycles. The molecule has 0 atom stereocenters. The van der Waals surface area contributed by atoms with Crippen LogP contribution in [0.5, 0.6) is 0 Å². The third-order valence-electron chi connectivity index (χ3n) is 3.61. The fourth-order valence-corrected chi connectivity index (χ4v) is 2.76. The summed E-state index contributed by atoms with van der Waals surface area (Å²) in [4.78, 5) is 8.81. The van der Waals surface area contributed by atoms with Gasteiger partial charge in [0.05, 0.1) is 11.1 Å². The molecule has 0 bridgehead atoms. The molecular weight excluding hydrogens is 366 g/mol. The summed E-state index contributed by atoms with van der Waals surface area (Å²) in [5.74, 6) is 1.61. The van der Waals surface area contributed by atoms with Gasteiger partial charge in [0.2, 0.25) is 0 Å². The molecule has 3 aromatic rings. The molecule has 1 aromatic carbocycles. The maximum atomic E-state index is 8.75. The Bertz CT molecular complexity index is 900. The second-order valence-electron chi connectivity index (χ2n) is 5.38. The Morgan fingerprint density at radius 3 is 2.58 bits per heavy atom. The Labute approximate surface area is 148 Å². The van der Waals surface area contributed by atoms with E-state index in [4.69, 9.17) is 5.26 Å². The Balaban J connectivity index is 1.59. The molecule has 0 saturated heterocycles. The molecule has 0 aliphatic rings. The molecule has 2 N–H and O–H groups in total. The summed E-state index contributed by atoms with van der Waals surface area (Å²) < 4.78 is 1.06. The van der Waals surface area contributed by atoms with Crippen LogP contribution >= 0.6 is 15.9 Å². The summed E-state index contributed by atoms with van der Waals surface area (Å²) >= 11 is 3.49. The van der Waals surface area contributed by atoms with E-state index in [2.05, 4.69) is 61.7 Å². The summed E-state index contributed by atoms with van der Waals surface area (Å²) in [7, 11) is 0. The van der Waals surface area contributed by atoms with Crippen molar-refractivity contribution in [2.24, 2.45) is 0 Å². The molecule has 0 aliphatic heterocycles. The minimum absolute atomic E-state index is 0.557. The molecule has 0 spiro atoms. The zero-order valence-corrected chi connectivity index (χ0v) is 14.8. The second-order valence-corrected chi connectivity index (χ2v) is 6.30. The zero-order valence-electron chi connectivity index (χ0n) is 13.2. The van der Waals surface area contributed by atoms with E-state index in [9.17, 15) is 0 Å². The molecule has 0 amide bonds. The SMILES string of the molecule is Cc1cc(NCCNc2ccc(C#N)cn2)nc2ccc(Br)cc12. The van der Waals surface area contributed by atoms with E-state index in [1.165, 1.54) is 5.56 Å². The minimum Gasteiger partial charge on any atom is -0.368 e. The highest BCUT2D eigenvalue weighted by Crippen LogP contribution is 2.23. The quantitative estimate of drug-likeness (QED) is 0.650. The van der Waals surface area contributed by atoms with Crippen molar-refractivity contribution < 1.29 is 0 Å². The molecule has 0 saturated carbocycles. The van der Waals surface area contributed by atoms with Crippen molar-refractivity contribution in [2.45, 2.75) is 6.92 Å². The number of nitrogens with zero attached hydrogens (tertiary/aromatic N) is 3. The van der Waals surface area contributed by atoms with E-state index in [-0.39, 0.29) is 0 Å². The lowest BCUT2D eigenvalue weighted by Gasteiger charge is -2.10. The van der Waals surface area contributed by atoms with Crippen molar-refractivity contribution in [3.05, 3.63) is 58.2 Å². The summed E-state index contributed by atoms with van der Waals surface area (Å²) in [6.45, 7) is 3.51. The van der Waals surface area contributed by atoms with Crippen LogP contribution in [0.4, 0.5) is 11.6 Å². The van der Waals surface area contributed by atoms with Gasteiger partial charge in [-0.05, 0) is 48.9 Å². The van der Waals surface area contributed by atoms with E-state index in [0.29, 0.717) is 12.1 Å². The van der Waals surface area contributed by atoms with E-state index in [0.717, 1.165) is 33.6 Å². The van der Waals surface area contributed by atoms with Gasteiger partial charge >= 0.3 is 0 Å². The van der Waals surface area contributed by atoms with Crippen molar-refractivity contribution in [3.8, 4) is 6.07 Å². The van der Waals surface area contributed by atoms with Crippen molar-refractivity contribution in [3.63, 3.8) is 0 Å². The number of nitrogens with one attached hydrogen (secondary N) is 2. The van der Waals surface area contributed by atoms with Crippen LogP contribution in [0.2, 0.25) is 0 Å². The summed E-state index contributed by atoms with van der Waals surface area (Å²) in [5, 5.41) is 16.4.